The Morgan fingerprint density at radius 1 is 1.00 bits per heavy atom. The number of amides is 1. The van der Waals surface area contributed by atoms with Crippen molar-refractivity contribution in [2.75, 3.05) is 21.3 Å². The molecule has 0 spiro atoms. The van der Waals surface area contributed by atoms with Crippen LogP contribution < -0.4 is 14.2 Å². The van der Waals surface area contributed by atoms with E-state index in [1.54, 1.807) is 38.4 Å². The van der Waals surface area contributed by atoms with E-state index in [1.165, 1.54) is 0 Å². The molecule has 0 saturated heterocycles. The van der Waals surface area contributed by atoms with Crippen LogP contribution in [0.4, 0.5) is 0 Å². The molecule has 0 aliphatic carbocycles. The van der Waals surface area contributed by atoms with Crippen LogP contribution >= 0.6 is 0 Å². The summed E-state index contributed by atoms with van der Waals surface area (Å²) in [6.07, 6.45) is 0.221. The van der Waals surface area contributed by atoms with Crippen molar-refractivity contribution in [2.45, 2.75) is 32.9 Å². The lowest BCUT2D eigenvalue weighted by atomic mass is 10.1. The Labute approximate surface area is 181 Å². The van der Waals surface area contributed by atoms with Crippen LogP contribution in [0.3, 0.4) is 0 Å². The van der Waals surface area contributed by atoms with Gasteiger partial charge >= 0.3 is 0 Å². The van der Waals surface area contributed by atoms with Gasteiger partial charge < -0.3 is 23.6 Å². The van der Waals surface area contributed by atoms with Crippen molar-refractivity contribution < 1.29 is 23.5 Å². The quantitative estimate of drug-likeness (QED) is 0.516. The van der Waals surface area contributed by atoms with Gasteiger partial charge in [-0.25, -0.2) is 0 Å². The van der Waals surface area contributed by atoms with Crippen LogP contribution in [-0.2, 0) is 17.8 Å². The minimum absolute atomic E-state index is 0.0429. The number of hydrogen-bond acceptors (Lipinski definition) is 7. The zero-order valence-electron chi connectivity index (χ0n) is 18.4. The van der Waals surface area contributed by atoms with Crippen molar-refractivity contribution in [1.82, 2.24) is 15.0 Å². The molecule has 0 aliphatic heterocycles. The van der Waals surface area contributed by atoms with Crippen LogP contribution in [0.25, 0.3) is 11.4 Å². The normalized spacial score (nSPS) is 10.8. The van der Waals surface area contributed by atoms with Gasteiger partial charge in [0.05, 0.1) is 27.8 Å². The highest BCUT2D eigenvalue weighted by atomic mass is 16.5. The lowest BCUT2D eigenvalue weighted by molar-refractivity contribution is -0.133. The number of para-hydroxylation sites is 1. The van der Waals surface area contributed by atoms with E-state index >= 15 is 0 Å². The Morgan fingerprint density at radius 3 is 2.39 bits per heavy atom. The molecule has 0 atom stereocenters. The summed E-state index contributed by atoms with van der Waals surface area (Å²) in [6.45, 7) is 4.11. The van der Waals surface area contributed by atoms with Crippen molar-refractivity contribution in [3.05, 3.63) is 53.9 Å². The number of rotatable bonds is 9. The van der Waals surface area contributed by atoms with Gasteiger partial charge in [-0.2, -0.15) is 4.98 Å². The zero-order valence-corrected chi connectivity index (χ0v) is 18.4. The summed E-state index contributed by atoms with van der Waals surface area (Å²) in [4.78, 5) is 19.2. The van der Waals surface area contributed by atoms with Crippen LogP contribution in [0.15, 0.2) is 47.0 Å². The van der Waals surface area contributed by atoms with Crippen molar-refractivity contribution in [3.8, 4) is 28.6 Å². The SMILES string of the molecule is COc1ccccc1CC(=O)N(Cc1nc(-c2ccc(OC)c(OC)c2)no1)C(C)C. The molecule has 1 heterocycles. The molecule has 0 radical (unpaired) electrons. The second-order valence-corrected chi connectivity index (χ2v) is 7.19. The Bertz CT molecular complexity index is 1030. The van der Waals surface area contributed by atoms with E-state index in [1.807, 2.05) is 44.2 Å². The number of aromatic nitrogens is 2. The fourth-order valence-electron chi connectivity index (χ4n) is 3.23. The molecule has 8 nitrogen and oxygen atoms in total. The van der Waals surface area contributed by atoms with Crippen LogP contribution in [-0.4, -0.2) is 48.3 Å². The molecule has 31 heavy (non-hydrogen) atoms. The number of carbonyl (C=O) groups excluding carboxylic acids is 1. The summed E-state index contributed by atoms with van der Waals surface area (Å²) in [5, 5.41) is 4.06. The molecule has 0 aliphatic rings. The van der Waals surface area contributed by atoms with Crippen LogP contribution in [0.1, 0.15) is 25.3 Å². The van der Waals surface area contributed by atoms with Crippen LogP contribution in [0.5, 0.6) is 17.2 Å². The molecule has 3 aromatic rings. The monoisotopic (exact) mass is 425 g/mol. The first-order valence-electron chi connectivity index (χ1n) is 9.93. The third-order valence-electron chi connectivity index (χ3n) is 4.89. The van der Waals surface area contributed by atoms with E-state index in [4.69, 9.17) is 18.7 Å². The van der Waals surface area contributed by atoms with E-state index in [9.17, 15) is 4.79 Å². The summed E-state index contributed by atoms with van der Waals surface area (Å²) in [5.74, 6) is 2.59. The van der Waals surface area contributed by atoms with Crippen LogP contribution in [0, 0.1) is 0 Å². The fraction of sp³-hybridized carbons (Fsp3) is 0.348. The average Bonchev–Trinajstić information content (AvgIpc) is 3.25. The molecular weight excluding hydrogens is 398 g/mol. The maximum absolute atomic E-state index is 13.0. The van der Waals surface area contributed by atoms with E-state index < -0.39 is 0 Å². The molecule has 2 aromatic carbocycles. The second-order valence-electron chi connectivity index (χ2n) is 7.19. The molecule has 0 bridgehead atoms. The third kappa shape index (κ3) is 5.14. The maximum Gasteiger partial charge on any atom is 0.246 e. The topological polar surface area (TPSA) is 86.9 Å². The summed E-state index contributed by atoms with van der Waals surface area (Å²) in [6, 6.07) is 12.8. The van der Waals surface area contributed by atoms with Crippen molar-refractivity contribution in [2.24, 2.45) is 0 Å². The van der Waals surface area contributed by atoms with Gasteiger partial charge in [-0.3, -0.25) is 4.79 Å². The molecular formula is C23H27N3O5. The van der Waals surface area contributed by atoms with Crippen molar-refractivity contribution >= 4 is 5.91 Å². The number of methoxy groups -OCH3 is 3. The number of carbonyl (C=O) groups is 1. The van der Waals surface area contributed by atoms with E-state index in [0.717, 1.165) is 11.1 Å². The molecule has 164 valence electrons. The second kappa shape index (κ2) is 9.97. The predicted octanol–water partition coefficient (Wildman–Crippen LogP) is 3.74. The minimum atomic E-state index is -0.0506. The van der Waals surface area contributed by atoms with Gasteiger partial charge in [0, 0.05) is 17.2 Å². The molecule has 3 rings (SSSR count). The van der Waals surface area contributed by atoms with Gasteiger partial charge in [0.25, 0.3) is 0 Å². The fourth-order valence-corrected chi connectivity index (χ4v) is 3.23. The molecule has 8 heteroatoms. The third-order valence-corrected chi connectivity index (χ3v) is 4.89. The Kier molecular flexibility index (Phi) is 7.12. The first-order chi connectivity index (χ1) is 15.0. The maximum atomic E-state index is 13.0. The summed E-state index contributed by atoms with van der Waals surface area (Å²) < 4.78 is 21.4. The van der Waals surface area contributed by atoms with E-state index in [-0.39, 0.29) is 24.9 Å². The summed E-state index contributed by atoms with van der Waals surface area (Å²) in [7, 11) is 4.74. The number of hydrogen-bond donors (Lipinski definition) is 0. The highest BCUT2D eigenvalue weighted by Crippen LogP contribution is 2.31. The minimum Gasteiger partial charge on any atom is -0.496 e. The predicted molar refractivity (Wildman–Crippen MR) is 115 cm³/mol. The summed E-state index contributed by atoms with van der Waals surface area (Å²) in [5.41, 5.74) is 1.56. The van der Waals surface area contributed by atoms with E-state index in [0.29, 0.717) is 29.0 Å². The number of ether oxygens (including phenoxy) is 3. The summed E-state index contributed by atoms with van der Waals surface area (Å²) >= 11 is 0. The van der Waals surface area contributed by atoms with E-state index in [2.05, 4.69) is 10.1 Å². The lowest BCUT2D eigenvalue weighted by Crippen LogP contribution is -2.37. The molecule has 1 aromatic heterocycles. The van der Waals surface area contributed by atoms with Crippen LogP contribution in [0.2, 0.25) is 0 Å². The van der Waals surface area contributed by atoms with Gasteiger partial charge in [0.15, 0.2) is 11.5 Å². The molecule has 0 unspecified atom stereocenters. The standard InChI is InChI=1S/C23H27N3O5/c1-15(2)26(22(27)13-16-8-6-7-9-18(16)28-3)14-21-24-23(25-31-21)17-10-11-19(29-4)20(12-17)30-5/h6-12,15H,13-14H2,1-5H3. The smallest absolute Gasteiger partial charge is 0.246 e. The first-order valence-corrected chi connectivity index (χ1v) is 9.93. The van der Waals surface area contributed by atoms with Gasteiger partial charge in [-0.1, -0.05) is 23.4 Å². The number of nitrogens with zero attached hydrogens (tertiary/aromatic N) is 3. The average molecular weight is 425 g/mol. The molecule has 0 fully saturated rings. The largest absolute Gasteiger partial charge is 0.496 e. The van der Waals surface area contributed by atoms with Gasteiger partial charge in [-0.15, -0.1) is 0 Å². The molecule has 0 N–H and O–H groups in total. The lowest BCUT2D eigenvalue weighted by Gasteiger charge is -2.25. The van der Waals surface area contributed by atoms with Gasteiger partial charge in [0.2, 0.25) is 17.6 Å². The number of benzene rings is 2. The Balaban J connectivity index is 1.77. The zero-order chi connectivity index (χ0) is 22.4. The van der Waals surface area contributed by atoms with Gasteiger partial charge in [-0.05, 0) is 38.1 Å². The highest BCUT2D eigenvalue weighted by molar-refractivity contribution is 5.79. The Morgan fingerprint density at radius 2 is 1.71 bits per heavy atom. The molecule has 1 amide bonds. The molecule has 0 saturated carbocycles. The Hall–Kier alpha value is -3.55. The van der Waals surface area contributed by atoms with Crippen molar-refractivity contribution in [1.29, 1.82) is 0 Å². The van der Waals surface area contributed by atoms with Crippen molar-refractivity contribution in [3.63, 3.8) is 0 Å². The highest BCUT2D eigenvalue weighted by Gasteiger charge is 2.22. The van der Waals surface area contributed by atoms with Gasteiger partial charge in [0.1, 0.15) is 12.3 Å². The first kappa shape index (κ1) is 22.1.